The standard InChI is InChI=1S/C30H50O2/c1-19(2)21-11-14-27(5)17-18-29(7)23(26(21)27)9-10-24-28(6,15-13-25(31)32)22(20(3)4)12-16-30(24,29)8/h20-24,26H,1,9-18H2,2-8H3,(H,31,32)/t21-,22?,23?,24?,26?,27+,28-,29+,30+/m0/s1. The monoisotopic (exact) mass is 442 g/mol. The highest BCUT2D eigenvalue weighted by atomic mass is 16.4. The number of hydrogen-bond donors (Lipinski definition) is 1. The average Bonchev–Trinajstić information content (AvgIpc) is 3.05. The van der Waals surface area contributed by atoms with Crippen LogP contribution in [0.4, 0.5) is 0 Å². The van der Waals surface area contributed by atoms with Crippen molar-refractivity contribution in [2.45, 2.75) is 113 Å². The zero-order chi connectivity index (χ0) is 23.7. The van der Waals surface area contributed by atoms with E-state index in [1.165, 1.54) is 56.9 Å². The lowest BCUT2D eigenvalue weighted by atomic mass is 9.34. The molecule has 0 saturated heterocycles. The van der Waals surface area contributed by atoms with Gasteiger partial charge in [-0.15, -0.1) is 0 Å². The molecule has 9 atom stereocenters. The zero-order valence-corrected chi connectivity index (χ0v) is 22.1. The fourth-order valence-electron chi connectivity index (χ4n) is 10.7. The maximum atomic E-state index is 11.6. The summed E-state index contributed by atoms with van der Waals surface area (Å²) in [5.74, 6) is 3.59. The Morgan fingerprint density at radius 2 is 1.66 bits per heavy atom. The topological polar surface area (TPSA) is 37.3 Å². The molecule has 0 spiro atoms. The van der Waals surface area contributed by atoms with Crippen LogP contribution < -0.4 is 0 Å². The summed E-state index contributed by atoms with van der Waals surface area (Å²) in [4.78, 5) is 11.6. The third-order valence-corrected chi connectivity index (χ3v) is 12.5. The largest absolute Gasteiger partial charge is 0.481 e. The highest BCUT2D eigenvalue weighted by Crippen LogP contribution is 2.76. The van der Waals surface area contributed by atoms with Gasteiger partial charge in [0, 0.05) is 6.42 Å². The Morgan fingerprint density at radius 1 is 0.969 bits per heavy atom. The van der Waals surface area contributed by atoms with Crippen LogP contribution in [0.3, 0.4) is 0 Å². The molecule has 0 aromatic rings. The van der Waals surface area contributed by atoms with Crippen LogP contribution in [0.5, 0.6) is 0 Å². The quantitative estimate of drug-likeness (QED) is 0.434. The molecule has 4 saturated carbocycles. The van der Waals surface area contributed by atoms with E-state index < -0.39 is 5.97 Å². The van der Waals surface area contributed by atoms with Gasteiger partial charge in [0.25, 0.3) is 0 Å². The van der Waals surface area contributed by atoms with Crippen molar-refractivity contribution in [2.75, 3.05) is 0 Å². The molecule has 182 valence electrons. The third kappa shape index (κ3) is 3.28. The van der Waals surface area contributed by atoms with Crippen molar-refractivity contribution in [1.29, 1.82) is 0 Å². The molecule has 2 heteroatoms. The minimum Gasteiger partial charge on any atom is -0.481 e. The van der Waals surface area contributed by atoms with Crippen molar-refractivity contribution < 1.29 is 9.90 Å². The number of allylic oxidation sites excluding steroid dienone is 1. The molecular formula is C30H50O2. The van der Waals surface area contributed by atoms with Gasteiger partial charge < -0.3 is 5.11 Å². The lowest BCUT2D eigenvalue weighted by Gasteiger charge is -2.71. The highest BCUT2D eigenvalue weighted by Gasteiger charge is 2.68. The summed E-state index contributed by atoms with van der Waals surface area (Å²) in [7, 11) is 0. The van der Waals surface area contributed by atoms with E-state index in [0.717, 1.165) is 18.3 Å². The minimum atomic E-state index is -0.621. The lowest BCUT2D eigenvalue weighted by molar-refractivity contribution is -0.221. The molecule has 1 N–H and O–H groups in total. The summed E-state index contributed by atoms with van der Waals surface area (Å²) in [6, 6.07) is 0. The second kappa shape index (κ2) is 7.88. The first kappa shape index (κ1) is 24.3. The summed E-state index contributed by atoms with van der Waals surface area (Å²) in [5.41, 5.74) is 2.74. The number of carbonyl (C=O) groups is 1. The van der Waals surface area contributed by atoms with Gasteiger partial charge in [0.05, 0.1) is 0 Å². The molecule has 0 aliphatic heterocycles. The molecule has 32 heavy (non-hydrogen) atoms. The number of rotatable bonds is 5. The Bertz CT molecular complexity index is 769. The molecule has 0 radical (unpaired) electrons. The molecule has 0 heterocycles. The predicted molar refractivity (Wildman–Crippen MR) is 133 cm³/mol. The van der Waals surface area contributed by atoms with Crippen molar-refractivity contribution in [1.82, 2.24) is 0 Å². The van der Waals surface area contributed by atoms with Crippen molar-refractivity contribution in [3.8, 4) is 0 Å². The van der Waals surface area contributed by atoms with Crippen LogP contribution in [0.2, 0.25) is 0 Å². The Hall–Kier alpha value is -0.790. The first-order valence-electron chi connectivity index (χ1n) is 13.7. The lowest BCUT2D eigenvalue weighted by Crippen LogP contribution is -2.64. The van der Waals surface area contributed by atoms with Crippen LogP contribution in [-0.4, -0.2) is 11.1 Å². The fraction of sp³-hybridized carbons (Fsp3) is 0.900. The van der Waals surface area contributed by atoms with Gasteiger partial charge in [0.15, 0.2) is 0 Å². The molecule has 4 aliphatic rings. The van der Waals surface area contributed by atoms with E-state index in [9.17, 15) is 9.90 Å². The van der Waals surface area contributed by atoms with E-state index >= 15 is 0 Å². The first-order valence-corrected chi connectivity index (χ1v) is 13.7. The molecule has 0 amide bonds. The van der Waals surface area contributed by atoms with E-state index in [0.29, 0.717) is 46.3 Å². The predicted octanol–water partition coefficient (Wildman–Crippen LogP) is 8.36. The van der Waals surface area contributed by atoms with Gasteiger partial charge in [-0.1, -0.05) is 53.7 Å². The van der Waals surface area contributed by atoms with Gasteiger partial charge in [-0.05, 0) is 122 Å². The SMILES string of the molecule is C=C(C)[C@@H]1CC[C@]2(C)CC[C@]3(C)C(CCC4[C@@](C)(CCC(=O)O)C(C(C)C)CC[C@]43C)C12. The van der Waals surface area contributed by atoms with Crippen molar-refractivity contribution in [2.24, 2.45) is 57.2 Å². The molecule has 0 aromatic heterocycles. The van der Waals surface area contributed by atoms with E-state index in [4.69, 9.17) is 0 Å². The van der Waals surface area contributed by atoms with Crippen LogP contribution in [0.1, 0.15) is 113 Å². The van der Waals surface area contributed by atoms with E-state index in [1.807, 2.05) is 0 Å². The highest BCUT2D eigenvalue weighted by molar-refractivity contribution is 5.66. The van der Waals surface area contributed by atoms with Crippen LogP contribution in [0.15, 0.2) is 12.2 Å². The Labute approximate surface area is 198 Å². The number of fused-ring (bicyclic) bond motifs is 5. The van der Waals surface area contributed by atoms with Gasteiger partial charge in [-0.2, -0.15) is 0 Å². The second-order valence-electron chi connectivity index (χ2n) is 14.0. The van der Waals surface area contributed by atoms with E-state index in [1.54, 1.807) is 0 Å². The maximum absolute atomic E-state index is 11.6. The minimum absolute atomic E-state index is 0.137. The Kier molecular flexibility index (Phi) is 5.99. The fourth-order valence-corrected chi connectivity index (χ4v) is 10.7. The number of carboxylic acids is 1. The van der Waals surface area contributed by atoms with Gasteiger partial charge in [0.1, 0.15) is 0 Å². The second-order valence-corrected chi connectivity index (χ2v) is 14.0. The molecule has 4 rings (SSSR count). The van der Waals surface area contributed by atoms with Crippen molar-refractivity contribution in [3.63, 3.8) is 0 Å². The van der Waals surface area contributed by atoms with E-state index in [-0.39, 0.29) is 5.41 Å². The van der Waals surface area contributed by atoms with Gasteiger partial charge >= 0.3 is 5.97 Å². The molecule has 2 nitrogen and oxygen atoms in total. The maximum Gasteiger partial charge on any atom is 0.303 e. The van der Waals surface area contributed by atoms with Gasteiger partial charge in [-0.3, -0.25) is 4.79 Å². The molecule has 4 fully saturated rings. The van der Waals surface area contributed by atoms with E-state index in [2.05, 4.69) is 55.0 Å². The zero-order valence-electron chi connectivity index (χ0n) is 22.1. The van der Waals surface area contributed by atoms with Crippen molar-refractivity contribution >= 4 is 5.97 Å². The normalized spacial score (nSPS) is 50.4. The van der Waals surface area contributed by atoms with Crippen molar-refractivity contribution in [3.05, 3.63) is 12.2 Å². The van der Waals surface area contributed by atoms with Crippen LogP contribution in [0.25, 0.3) is 0 Å². The van der Waals surface area contributed by atoms with Crippen LogP contribution >= 0.6 is 0 Å². The molecule has 0 bridgehead atoms. The summed E-state index contributed by atoms with van der Waals surface area (Å²) < 4.78 is 0. The Morgan fingerprint density at radius 3 is 2.25 bits per heavy atom. The Balaban J connectivity index is 1.74. The average molecular weight is 443 g/mol. The van der Waals surface area contributed by atoms with Gasteiger partial charge in [0.2, 0.25) is 0 Å². The number of carboxylic acid groups (broad SMARTS) is 1. The van der Waals surface area contributed by atoms with Crippen LogP contribution in [-0.2, 0) is 4.79 Å². The third-order valence-electron chi connectivity index (χ3n) is 12.5. The summed E-state index contributed by atoms with van der Waals surface area (Å²) in [5, 5.41) is 9.59. The smallest absolute Gasteiger partial charge is 0.303 e. The number of hydrogen-bond acceptors (Lipinski definition) is 1. The molecule has 4 aliphatic carbocycles. The summed E-state index contributed by atoms with van der Waals surface area (Å²) in [6.45, 7) is 21.9. The first-order chi connectivity index (χ1) is 14.8. The molecule has 0 aromatic carbocycles. The summed E-state index contributed by atoms with van der Waals surface area (Å²) >= 11 is 0. The number of aliphatic carboxylic acids is 1. The molecular weight excluding hydrogens is 392 g/mol. The van der Waals surface area contributed by atoms with Gasteiger partial charge in [-0.25, -0.2) is 0 Å². The summed E-state index contributed by atoms with van der Waals surface area (Å²) in [6.07, 6.45) is 11.9. The van der Waals surface area contributed by atoms with Crippen LogP contribution in [0, 0.1) is 57.2 Å². The molecule has 4 unspecified atom stereocenters.